The number of hydrogen-bond acceptors (Lipinski definition) is 5. The lowest BCUT2D eigenvalue weighted by molar-refractivity contribution is 0.601. The third kappa shape index (κ3) is 4.50. The zero-order valence-corrected chi connectivity index (χ0v) is 20.2. The fraction of sp³-hybridized carbons (Fsp3) is 0. The maximum absolute atomic E-state index is 12.8. The minimum Gasteiger partial charge on any atom is -0.294 e. The molecule has 0 saturated carbocycles. The molecule has 0 saturated heterocycles. The zero-order valence-electron chi connectivity index (χ0n) is 17.8. The first-order valence-corrected chi connectivity index (χ1v) is 12.7. The number of hydrogen-bond donors (Lipinski definition) is 1. The second kappa shape index (κ2) is 9.24. The van der Waals surface area contributed by atoms with Crippen molar-refractivity contribution in [2.24, 2.45) is 0 Å². The number of halogens is 1. The maximum Gasteiger partial charge on any atom is 0.261 e. The van der Waals surface area contributed by atoms with E-state index in [1.807, 2.05) is 47.4 Å². The average Bonchev–Trinajstić information content (AvgIpc) is 2.86. The Morgan fingerprint density at radius 2 is 1.59 bits per heavy atom. The van der Waals surface area contributed by atoms with E-state index in [1.54, 1.807) is 42.6 Å². The molecule has 0 aliphatic heterocycles. The Balaban J connectivity index is 1.53. The zero-order chi connectivity index (χ0) is 23.5. The summed E-state index contributed by atoms with van der Waals surface area (Å²) in [4.78, 5) is 10.7. The van der Waals surface area contributed by atoms with Gasteiger partial charge in [0.2, 0.25) is 0 Å². The molecule has 5 rings (SSSR count). The molecule has 0 aliphatic carbocycles. The number of aromatic nitrogens is 2. The Morgan fingerprint density at radius 3 is 2.35 bits per heavy atom. The molecule has 1 heterocycles. The molecule has 8 heteroatoms. The predicted molar refractivity (Wildman–Crippen MR) is 139 cm³/mol. The Morgan fingerprint density at radius 1 is 0.824 bits per heavy atom. The van der Waals surface area contributed by atoms with Crippen LogP contribution in [0.1, 0.15) is 0 Å². The Labute approximate surface area is 206 Å². The molecular weight excluding hydrogens is 512 g/mol. The van der Waals surface area contributed by atoms with Gasteiger partial charge in [0.25, 0.3) is 10.0 Å². The van der Waals surface area contributed by atoms with E-state index in [1.165, 1.54) is 6.33 Å². The third-order valence-corrected chi connectivity index (χ3v) is 7.16. The number of fused-ring (bicyclic) bond motifs is 1. The minimum atomic E-state index is -3.72. The van der Waals surface area contributed by atoms with Gasteiger partial charge >= 0.3 is 0 Å². The molecule has 1 N–H and O–H groups in total. The number of anilines is 4. The predicted octanol–water partition coefficient (Wildman–Crippen LogP) is 6.66. The Bertz CT molecular complexity index is 1550. The lowest BCUT2D eigenvalue weighted by atomic mass is 10.1. The van der Waals surface area contributed by atoms with Gasteiger partial charge in [-0.15, -0.1) is 0 Å². The van der Waals surface area contributed by atoms with Crippen molar-refractivity contribution in [3.8, 4) is 0 Å². The van der Waals surface area contributed by atoms with Crippen LogP contribution in [0.2, 0.25) is 0 Å². The van der Waals surface area contributed by atoms with Crippen LogP contribution in [0.25, 0.3) is 10.8 Å². The van der Waals surface area contributed by atoms with Crippen LogP contribution in [0, 0.1) is 0 Å². The van der Waals surface area contributed by atoms with Gasteiger partial charge in [0.05, 0.1) is 10.6 Å². The summed E-state index contributed by atoms with van der Waals surface area (Å²) in [5, 5.41) is 2.18. The van der Waals surface area contributed by atoms with Crippen molar-refractivity contribution >= 4 is 59.6 Å². The van der Waals surface area contributed by atoms with E-state index in [9.17, 15) is 8.42 Å². The topological polar surface area (TPSA) is 75.2 Å². The van der Waals surface area contributed by atoms with E-state index in [2.05, 4.69) is 48.8 Å². The highest BCUT2D eigenvalue weighted by molar-refractivity contribution is 9.10. The highest BCUT2D eigenvalue weighted by atomic mass is 79.9. The maximum atomic E-state index is 12.8. The monoisotopic (exact) mass is 530 g/mol. The van der Waals surface area contributed by atoms with Gasteiger partial charge in [0.15, 0.2) is 0 Å². The molecule has 168 valence electrons. The van der Waals surface area contributed by atoms with Gasteiger partial charge in [-0.25, -0.2) is 18.4 Å². The number of sulfonamides is 1. The molecule has 0 atom stereocenters. The lowest BCUT2D eigenvalue weighted by Gasteiger charge is -2.25. The van der Waals surface area contributed by atoms with Gasteiger partial charge in [0.1, 0.15) is 12.1 Å². The van der Waals surface area contributed by atoms with Gasteiger partial charge in [0, 0.05) is 27.4 Å². The highest BCUT2D eigenvalue weighted by Gasteiger charge is 2.18. The minimum absolute atomic E-state index is 0.185. The van der Waals surface area contributed by atoms with Crippen LogP contribution in [0.5, 0.6) is 0 Å². The standard InChI is InChI=1S/C26H19BrN4O2S/c27-20-7-4-8-23(17-20)34(32,33)30-21-11-13-22(14-12-21)31(26-15-16-28-18-29-26)25-10-3-6-19-5-1-2-9-24(19)25/h1-18,30H. The van der Waals surface area contributed by atoms with Crippen LogP contribution < -0.4 is 9.62 Å². The molecule has 0 unspecified atom stereocenters. The van der Waals surface area contributed by atoms with E-state index in [0.717, 1.165) is 22.1 Å². The van der Waals surface area contributed by atoms with Crippen molar-refractivity contribution in [2.45, 2.75) is 4.90 Å². The molecule has 1 aromatic heterocycles. The third-order valence-electron chi connectivity index (χ3n) is 5.29. The second-order valence-corrected chi connectivity index (χ2v) is 10.1. The van der Waals surface area contributed by atoms with Crippen molar-refractivity contribution in [2.75, 3.05) is 9.62 Å². The van der Waals surface area contributed by atoms with Gasteiger partial charge in [-0.2, -0.15) is 0 Å². The first-order chi connectivity index (χ1) is 16.5. The SMILES string of the molecule is O=S(=O)(Nc1ccc(N(c2ccncn2)c2cccc3ccccc23)cc1)c1cccc(Br)c1. The largest absolute Gasteiger partial charge is 0.294 e. The van der Waals surface area contributed by atoms with Crippen LogP contribution in [0.15, 0.2) is 119 Å². The fourth-order valence-electron chi connectivity index (χ4n) is 3.74. The molecule has 0 bridgehead atoms. The quantitative estimate of drug-likeness (QED) is 0.265. The molecule has 4 aromatic carbocycles. The highest BCUT2D eigenvalue weighted by Crippen LogP contribution is 2.38. The second-order valence-electron chi connectivity index (χ2n) is 7.51. The van der Waals surface area contributed by atoms with Crippen molar-refractivity contribution in [1.29, 1.82) is 0 Å². The van der Waals surface area contributed by atoms with E-state index in [0.29, 0.717) is 16.0 Å². The number of nitrogens with zero attached hydrogens (tertiary/aromatic N) is 3. The molecule has 0 amide bonds. The van der Waals surface area contributed by atoms with Gasteiger partial charge in [-0.1, -0.05) is 58.4 Å². The number of benzene rings is 4. The molecule has 0 fully saturated rings. The van der Waals surface area contributed by atoms with Gasteiger partial charge in [-0.05, 0) is 60.0 Å². The molecule has 0 spiro atoms. The van der Waals surface area contributed by atoms with Crippen molar-refractivity contribution in [3.63, 3.8) is 0 Å². The summed E-state index contributed by atoms with van der Waals surface area (Å²) in [6.07, 6.45) is 3.20. The first-order valence-electron chi connectivity index (χ1n) is 10.4. The Hall–Kier alpha value is -3.75. The molecule has 34 heavy (non-hydrogen) atoms. The van der Waals surface area contributed by atoms with Crippen molar-refractivity contribution in [3.05, 3.63) is 114 Å². The summed E-state index contributed by atoms with van der Waals surface area (Å²) >= 11 is 3.32. The summed E-state index contributed by atoms with van der Waals surface area (Å²) < 4.78 is 28.9. The molecule has 0 radical (unpaired) electrons. The van der Waals surface area contributed by atoms with Crippen molar-refractivity contribution in [1.82, 2.24) is 9.97 Å². The molecular formula is C26H19BrN4O2S. The number of rotatable bonds is 6. The summed E-state index contributed by atoms with van der Waals surface area (Å²) in [6.45, 7) is 0. The summed E-state index contributed by atoms with van der Waals surface area (Å²) in [6, 6.07) is 29.9. The van der Waals surface area contributed by atoms with E-state index >= 15 is 0 Å². The fourth-order valence-corrected chi connectivity index (χ4v) is 5.40. The first kappa shape index (κ1) is 22.1. The molecule has 5 aromatic rings. The Kier molecular flexibility index (Phi) is 6.00. The normalized spacial score (nSPS) is 11.3. The van der Waals surface area contributed by atoms with E-state index < -0.39 is 10.0 Å². The average molecular weight is 531 g/mol. The smallest absolute Gasteiger partial charge is 0.261 e. The number of nitrogens with one attached hydrogen (secondary N) is 1. The molecule has 6 nitrogen and oxygen atoms in total. The lowest BCUT2D eigenvalue weighted by Crippen LogP contribution is -2.14. The van der Waals surface area contributed by atoms with Crippen LogP contribution in [0.3, 0.4) is 0 Å². The van der Waals surface area contributed by atoms with Crippen LogP contribution in [0.4, 0.5) is 22.9 Å². The van der Waals surface area contributed by atoms with Crippen LogP contribution in [-0.2, 0) is 10.0 Å². The van der Waals surface area contributed by atoms with Crippen LogP contribution in [-0.4, -0.2) is 18.4 Å². The van der Waals surface area contributed by atoms with E-state index in [4.69, 9.17) is 0 Å². The summed E-state index contributed by atoms with van der Waals surface area (Å²) in [7, 11) is -3.72. The summed E-state index contributed by atoms with van der Waals surface area (Å²) in [5.74, 6) is 0.703. The van der Waals surface area contributed by atoms with E-state index in [-0.39, 0.29) is 4.90 Å². The molecule has 0 aliphatic rings. The van der Waals surface area contributed by atoms with Crippen molar-refractivity contribution < 1.29 is 8.42 Å². The van der Waals surface area contributed by atoms with Crippen LogP contribution >= 0.6 is 15.9 Å². The van der Waals surface area contributed by atoms with Gasteiger partial charge < -0.3 is 0 Å². The summed E-state index contributed by atoms with van der Waals surface area (Å²) in [5.41, 5.74) is 2.25. The van der Waals surface area contributed by atoms with Gasteiger partial charge in [-0.3, -0.25) is 9.62 Å².